The Morgan fingerprint density at radius 3 is 2.44 bits per heavy atom. The fraction of sp³-hybridized carbons (Fsp3) is 0.161. The van der Waals surface area contributed by atoms with Crippen LogP contribution in [0, 0.1) is 6.92 Å². The Hall–Kier alpha value is -4.38. The second-order valence-corrected chi connectivity index (χ2v) is 9.31. The molecular weight excluding hydrogens is 446 g/mol. The van der Waals surface area contributed by atoms with Gasteiger partial charge in [-0.2, -0.15) is 0 Å². The minimum Gasteiger partial charge on any atom is -0.457 e. The number of aryl methyl sites for hydroxylation is 2. The highest BCUT2D eigenvalue weighted by molar-refractivity contribution is 5.94. The molecule has 0 radical (unpaired) electrons. The smallest absolute Gasteiger partial charge is 0.254 e. The number of nitrogens with one attached hydrogen (secondary N) is 1. The molecule has 0 unspecified atom stereocenters. The molecule has 0 bridgehead atoms. The first-order valence-electron chi connectivity index (χ1n) is 12.3. The summed E-state index contributed by atoms with van der Waals surface area (Å²) in [6.07, 6.45) is 1.92. The van der Waals surface area contributed by atoms with Gasteiger partial charge in [-0.25, -0.2) is 4.98 Å². The standard InChI is InChI=1S/C31H27N3O2/c1-21-32-29-16-13-25(19-30(29)33-21)24-10-9-22-6-5-17-34(20-26(22)18-24)31(35)23-11-14-28(15-12-23)36-27-7-3-2-4-8-27/h2-4,7-16,18-19H,5-6,17,20H2,1H3,(H,32,33). The van der Waals surface area contributed by atoms with Gasteiger partial charge in [0, 0.05) is 18.7 Å². The Kier molecular flexibility index (Phi) is 5.74. The van der Waals surface area contributed by atoms with Crippen molar-refractivity contribution in [3.63, 3.8) is 0 Å². The molecule has 5 nitrogen and oxygen atoms in total. The number of carbonyl (C=O) groups is 1. The molecule has 1 aliphatic rings. The molecular formula is C31H27N3O2. The van der Waals surface area contributed by atoms with Crippen molar-refractivity contribution in [2.45, 2.75) is 26.3 Å². The molecule has 1 aliphatic heterocycles. The van der Waals surface area contributed by atoms with E-state index in [4.69, 9.17) is 4.74 Å². The number of ether oxygens (including phenoxy) is 1. The summed E-state index contributed by atoms with van der Waals surface area (Å²) >= 11 is 0. The Morgan fingerprint density at radius 2 is 1.61 bits per heavy atom. The van der Waals surface area contributed by atoms with Gasteiger partial charge in [0.05, 0.1) is 11.0 Å². The van der Waals surface area contributed by atoms with E-state index in [0.29, 0.717) is 17.9 Å². The normalized spacial score (nSPS) is 13.3. The minimum atomic E-state index is 0.0490. The number of para-hydroxylation sites is 1. The highest BCUT2D eigenvalue weighted by Crippen LogP contribution is 2.29. The van der Waals surface area contributed by atoms with Gasteiger partial charge in [-0.1, -0.05) is 36.4 Å². The summed E-state index contributed by atoms with van der Waals surface area (Å²) in [7, 11) is 0. The third-order valence-corrected chi connectivity index (χ3v) is 6.74. The van der Waals surface area contributed by atoms with Crippen molar-refractivity contribution in [2.75, 3.05) is 6.54 Å². The van der Waals surface area contributed by atoms with Crippen molar-refractivity contribution in [2.24, 2.45) is 0 Å². The molecule has 0 aliphatic carbocycles. The van der Waals surface area contributed by atoms with E-state index in [1.165, 1.54) is 11.1 Å². The third-order valence-electron chi connectivity index (χ3n) is 6.74. The topological polar surface area (TPSA) is 58.2 Å². The van der Waals surface area contributed by atoms with Crippen LogP contribution in [0.1, 0.15) is 33.7 Å². The molecule has 178 valence electrons. The maximum atomic E-state index is 13.4. The first-order valence-corrected chi connectivity index (χ1v) is 12.3. The summed E-state index contributed by atoms with van der Waals surface area (Å²) in [5.41, 5.74) is 7.49. The zero-order valence-electron chi connectivity index (χ0n) is 20.2. The van der Waals surface area contributed by atoms with Crippen LogP contribution >= 0.6 is 0 Å². The van der Waals surface area contributed by atoms with Gasteiger partial charge in [0.15, 0.2) is 0 Å². The van der Waals surface area contributed by atoms with E-state index in [1.54, 1.807) is 0 Å². The van der Waals surface area contributed by atoms with E-state index in [1.807, 2.05) is 66.4 Å². The number of hydrogen-bond acceptors (Lipinski definition) is 3. The molecule has 0 saturated carbocycles. The summed E-state index contributed by atoms with van der Waals surface area (Å²) < 4.78 is 5.88. The summed E-state index contributed by atoms with van der Waals surface area (Å²) in [5, 5.41) is 0. The number of aromatic amines is 1. The summed E-state index contributed by atoms with van der Waals surface area (Å²) in [4.78, 5) is 23.2. The van der Waals surface area contributed by atoms with Crippen molar-refractivity contribution in [1.29, 1.82) is 0 Å². The van der Waals surface area contributed by atoms with Gasteiger partial charge in [-0.05, 0) is 96.6 Å². The largest absolute Gasteiger partial charge is 0.457 e. The number of hydrogen-bond donors (Lipinski definition) is 1. The molecule has 6 rings (SSSR count). The molecule has 1 N–H and O–H groups in total. The van der Waals surface area contributed by atoms with E-state index in [9.17, 15) is 4.79 Å². The van der Waals surface area contributed by atoms with Crippen LogP contribution in [-0.4, -0.2) is 27.3 Å². The van der Waals surface area contributed by atoms with Gasteiger partial charge < -0.3 is 14.6 Å². The molecule has 2 heterocycles. The SMILES string of the molecule is Cc1nc2cc(-c3ccc4c(c3)CN(C(=O)c3ccc(Oc5ccccc5)cc3)CCC4)ccc2[nH]1. The summed E-state index contributed by atoms with van der Waals surface area (Å²) in [6.45, 7) is 3.31. The Balaban J connectivity index is 1.22. The lowest BCUT2D eigenvalue weighted by atomic mass is 9.97. The number of nitrogens with zero attached hydrogens (tertiary/aromatic N) is 2. The number of rotatable bonds is 4. The summed E-state index contributed by atoms with van der Waals surface area (Å²) in [6, 6.07) is 30.0. The van der Waals surface area contributed by atoms with Crippen LogP contribution in [0.3, 0.4) is 0 Å². The van der Waals surface area contributed by atoms with Crippen LogP contribution in [0.25, 0.3) is 22.2 Å². The van der Waals surface area contributed by atoms with E-state index < -0.39 is 0 Å². The second-order valence-electron chi connectivity index (χ2n) is 9.31. The lowest BCUT2D eigenvalue weighted by Gasteiger charge is -2.21. The second kappa shape index (κ2) is 9.34. The van der Waals surface area contributed by atoms with E-state index >= 15 is 0 Å². The average molecular weight is 474 g/mol. The molecule has 36 heavy (non-hydrogen) atoms. The van der Waals surface area contributed by atoms with E-state index in [2.05, 4.69) is 46.4 Å². The quantitative estimate of drug-likeness (QED) is 0.308. The lowest BCUT2D eigenvalue weighted by molar-refractivity contribution is 0.0746. The third kappa shape index (κ3) is 4.48. The number of amides is 1. The fourth-order valence-corrected chi connectivity index (χ4v) is 4.90. The van der Waals surface area contributed by atoms with Crippen LogP contribution in [0.5, 0.6) is 11.5 Å². The maximum absolute atomic E-state index is 13.4. The number of H-pyrrole nitrogens is 1. The first kappa shape index (κ1) is 22.1. The van der Waals surface area contributed by atoms with Gasteiger partial charge in [-0.15, -0.1) is 0 Å². The van der Waals surface area contributed by atoms with Gasteiger partial charge in [0.25, 0.3) is 5.91 Å². The molecule has 5 aromatic rings. The average Bonchev–Trinajstić information content (AvgIpc) is 3.15. The molecule has 5 heteroatoms. The van der Waals surface area contributed by atoms with Crippen LogP contribution in [0.4, 0.5) is 0 Å². The Morgan fingerprint density at radius 1 is 0.861 bits per heavy atom. The monoisotopic (exact) mass is 473 g/mol. The Bertz CT molecular complexity index is 1540. The molecule has 4 aromatic carbocycles. The maximum Gasteiger partial charge on any atom is 0.254 e. The van der Waals surface area contributed by atoms with Crippen molar-refractivity contribution >= 4 is 16.9 Å². The number of fused-ring (bicyclic) bond motifs is 2. The van der Waals surface area contributed by atoms with E-state index in [-0.39, 0.29) is 5.91 Å². The molecule has 0 fully saturated rings. The van der Waals surface area contributed by atoms with Crippen LogP contribution in [0.2, 0.25) is 0 Å². The predicted octanol–water partition coefficient (Wildman–Crippen LogP) is 6.92. The lowest BCUT2D eigenvalue weighted by Crippen LogP contribution is -2.30. The highest BCUT2D eigenvalue weighted by atomic mass is 16.5. The number of carbonyl (C=O) groups excluding carboxylic acids is 1. The van der Waals surface area contributed by atoms with Crippen molar-refractivity contribution in [3.05, 3.63) is 114 Å². The number of aromatic nitrogens is 2. The summed E-state index contributed by atoms with van der Waals surface area (Å²) in [5.74, 6) is 2.46. The van der Waals surface area contributed by atoms with Crippen molar-refractivity contribution < 1.29 is 9.53 Å². The molecule has 0 saturated heterocycles. The minimum absolute atomic E-state index is 0.0490. The molecule has 1 amide bonds. The van der Waals surface area contributed by atoms with Crippen LogP contribution in [-0.2, 0) is 13.0 Å². The fourth-order valence-electron chi connectivity index (χ4n) is 4.90. The molecule has 0 atom stereocenters. The Labute approximate surface area is 210 Å². The van der Waals surface area contributed by atoms with Crippen LogP contribution < -0.4 is 4.74 Å². The molecule has 0 spiro atoms. The van der Waals surface area contributed by atoms with Crippen molar-refractivity contribution in [1.82, 2.24) is 14.9 Å². The molecule has 1 aromatic heterocycles. The zero-order valence-corrected chi connectivity index (χ0v) is 20.2. The van der Waals surface area contributed by atoms with Gasteiger partial charge in [0.1, 0.15) is 17.3 Å². The number of benzene rings is 4. The van der Waals surface area contributed by atoms with Gasteiger partial charge in [-0.3, -0.25) is 4.79 Å². The first-order chi connectivity index (χ1) is 17.6. The zero-order chi connectivity index (χ0) is 24.5. The van der Waals surface area contributed by atoms with Gasteiger partial charge in [0.2, 0.25) is 0 Å². The highest BCUT2D eigenvalue weighted by Gasteiger charge is 2.21. The van der Waals surface area contributed by atoms with E-state index in [0.717, 1.165) is 53.1 Å². The predicted molar refractivity (Wildman–Crippen MR) is 142 cm³/mol. The van der Waals surface area contributed by atoms with Crippen LogP contribution in [0.15, 0.2) is 91.0 Å². The van der Waals surface area contributed by atoms with Crippen molar-refractivity contribution in [3.8, 4) is 22.6 Å². The number of imidazole rings is 1. The van der Waals surface area contributed by atoms with Gasteiger partial charge >= 0.3 is 0 Å².